The van der Waals surface area contributed by atoms with Gasteiger partial charge in [-0.25, -0.2) is 0 Å². The molecule has 1 saturated heterocycles. The fraction of sp³-hybridized carbons (Fsp3) is 0.417. The normalized spacial score (nSPS) is 19.8. The van der Waals surface area contributed by atoms with Gasteiger partial charge in [0.25, 0.3) is 0 Å². The van der Waals surface area contributed by atoms with Gasteiger partial charge in [0, 0.05) is 38.3 Å². The number of rotatable bonds is 3. The van der Waals surface area contributed by atoms with Crippen molar-refractivity contribution in [3.8, 4) is 0 Å². The molecule has 0 radical (unpaired) electrons. The Morgan fingerprint density at radius 2 is 2.50 bits per heavy atom. The number of amides is 2. The van der Waals surface area contributed by atoms with E-state index in [2.05, 4.69) is 15.7 Å². The minimum Gasteiger partial charge on any atom is -0.354 e. The average molecular weight is 248 g/mol. The van der Waals surface area contributed by atoms with Gasteiger partial charge in [-0.2, -0.15) is 5.10 Å². The number of carbonyl (C=O) groups is 2. The zero-order valence-electron chi connectivity index (χ0n) is 10.2. The lowest BCUT2D eigenvalue weighted by molar-refractivity contribution is -0.124. The topological polar surface area (TPSA) is 76.0 Å². The Morgan fingerprint density at radius 3 is 3.11 bits per heavy atom. The highest BCUT2D eigenvalue weighted by Gasteiger charge is 2.18. The first kappa shape index (κ1) is 12.3. The number of nitrogens with one attached hydrogen (secondary N) is 2. The molecule has 6 heteroatoms. The summed E-state index contributed by atoms with van der Waals surface area (Å²) in [5.41, 5.74) is 0.863. The van der Waals surface area contributed by atoms with Gasteiger partial charge in [0.1, 0.15) is 0 Å². The summed E-state index contributed by atoms with van der Waals surface area (Å²) in [6.07, 6.45) is 6.03. The molecule has 6 nitrogen and oxygen atoms in total. The van der Waals surface area contributed by atoms with Crippen LogP contribution in [0, 0.1) is 0 Å². The zero-order valence-corrected chi connectivity index (χ0v) is 10.2. The predicted molar refractivity (Wildman–Crippen MR) is 66.4 cm³/mol. The van der Waals surface area contributed by atoms with Gasteiger partial charge in [-0.1, -0.05) is 0 Å². The molecule has 0 spiro atoms. The first-order chi connectivity index (χ1) is 8.65. The number of aromatic nitrogens is 2. The molecule has 2 N–H and O–H groups in total. The monoisotopic (exact) mass is 248 g/mol. The summed E-state index contributed by atoms with van der Waals surface area (Å²) >= 11 is 0. The van der Waals surface area contributed by atoms with Crippen LogP contribution in [-0.2, 0) is 16.6 Å². The molecular formula is C12H16N4O2. The van der Waals surface area contributed by atoms with Crippen molar-refractivity contribution in [2.24, 2.45) is 7.05 Å². The Hall–Kier alpha value is -2.11. The smallest absolute Gasteiger partial charge is 0.244 e. The van der Waals surface area contributed by atoms with E-state index in [9.17, 15) is 9.59 Å². The summed E-state index contributed by atoms with van der Waals surface area (Å²) in [7, 11) is 1.81. The Bertz CT molecular complexity index is 468. The van der Waals surface area contributed by atoms with Crippen molar-refractivity contribution < 1.29 is 9.59 Å². The van der Waals surface area contributed by atoms with Gasteiger partial charge in [0.15, 0.2) is 0 Å². The summed E-state index contributed by atoms with van der Waals surface area (Å²) in [5, 5.41) is 9.58. The lowest BCUT2D eigenvalue weighted by atomic mass is 10.1. The molecule has 1 fully saturated rings. The Balaban J connectivity index is 1.84. The molecular weight excluding hydrogens is 232 g/mol. The van der Waals surface area contributed by atoms with Gasteiger partial charge < -0.3 is 10.6 Å². The van der Waals surface area contributed by atoms with E-state index in [1.807, 2.05) is 13.1 Å². The SMILES string of the molecule is Cn1nccc1C=CC(=O)NC1CCC(=O)NC1. The second-order valence-corrected chi connectivity index (χ2v) is 4.26. The number of hydrogen-bond donors (Lipinski definition) is 2. The largest absolute Gasteiger partial charge is 0.354 e. The van der Waals surface area contributed by atoms with Crippen LogP contribution >= 0.6 is 0 Å². The van der Waals surface area contributed by atoms with Crippen LogP contribution in [0.15, 0.2) is 18.3 Å². The first-order valence-electron chi connectivity index (χ1n) is 5.88. The number of piperidine rings is 1. The molecule has 2 heterocycles. The number of nitrogens with zero attached hydrogens (tertiary/aromatic N) is 2. The molecule has 96 valence electrons. The second-order valence-electron chi connectivity index (χ2n) is 4.26. The third kappa shape index (κ3) is 3.19. The van der Waals surface area contributed by atoms with Gasteiger partial charge in [-0.3, -0.25) is 14.3 Å². The van der Waals surface area contributed by atoms with E-state index < -0.39 is 0 Å². The highest BCUT2D eigenvalue weighted by Crippen LogP contribution is 2.03. The van der Waals surface area contributed by atoms with Crippen molar-refractivity contribution in [2.45, 2.75) is 18.9 Å². The van der Waals surface area contributed by atoms with Gasteiger partial charge in [0.2, 0.25) is 11.8 Å². The van der Waals surface area contributed by atoms with Crippen molar-refractivity contribution in [1.82, 2.24) is 20.4 Å². The molecule has 1 aliphatic heterocycles. The van der Waals surface area contributed by atoms with E-state index in [1.165, 1.54) is 6.08 Å². The Labute approximate surface area is 105 Å². The van der Waals surface area contributed by atoms with Crippen LogP contribution in [0.5, 0.6) is 0 Å². The van der Waals surface area contributed by atoms with E-state index in [4.69, 9.17) is 0 Å². The van der Waals surface area contributed by atoms with E-state index in [-0.39, 0.29) is 17.9 Å². The van der Waals surface area contributed by atoms with E-state index in [0.29, 0.717) is 19.4 Å². The number of aryl methyl sites for hydroxylation is 1. The van der Waals surface area contributed by atoms with Crippen LogP contribution in [0.25, 0.3) is 6.08 Å². The summed E-state index contributed by atoms with van der Waals surface area (Å²) < 4.78 is 1.69. The summed E-state index contributed by atoms with van der Waals surface area (Å²) in [6, 6.07) is 1.84. The third-order valence-corrected chi connectivity index (χ3v) is 2.88. The molecule has 1 aliphatic rings. The molecule has 0 aliphatic carbocycles. The molecule has 1 aromatic heterocycles. The molecule has 0 saturated carbocycles. The van der Waals surface area contributed by atoms with Crippen molar-refractivity contribution >= 4 is 17.9 Å². The molecule has 2 rings (SSSR count). The Morgan fingerprint density at radius 1 is 1.67 bits per heavy atom. The van der Waals surface area contributed by atoms with Crippen LogP contribution in [0.1, 0.15) is 18.5 Å². The molecule has 0 aromatic carbocycles. The molecule has 1 unspecified atom stereocenters. The highest BCUT2D eigenvalue weighted by atomic mass is 16.2. The maximum atomic E-state index is 11.7. The van der Waals surface area contributed by atoms with Crippen LogP contribution in [0.3, 0.4) is 0 Å². The number of carbonyl (C=O) groups excluding carboxylic acids is 2. The summed E-state index contributed by atoms with van der Waals surface area (Å²) in [6.45, 7) is 0.504. The molecule has 18 heavy (non-hydrogen) atoms. The van der Waals surface area contributed by atoms with Crippen LogP contribution in [-0.4, -0.2) is 34.2 Å². The van der Waals surface area contributed by atoms with Gasteiger partial charge in [-0.15, -0.1) is 0 Å². The fourth-order valence-electron chi connectivity index (χ4n) is 1.81. The molecule has 0 bridgehead atoms. The highest BCUT2D eigenvalue weighted by molar-refractivity contribution is 5.91. The van der Waals surface area contributed by atoms with Gasteiger partial charge in [-0.05, 0) is 18.6 Å². The molecule has 1 atom stereocenters. The quantitative estimate of drug-likeness (QED) is 0.729. The Kier molecular flexibility index (Phi) is 3.76. The van der Waals surface area contributed by atoms with E-state index in [0.717, 1.165) is 5.69 Å². The van der Waals surface area contributed by atoms with Crippen molar-refractivity contribution in [3.05, 3.63) is 24.0 Å². The lowest BCUT2D eigenvalue weighted by Crippen LogP contribution is -2.47. The lowest BCUT2D eigenvalue weighted by Gasteiger charge is -2.22. The van der Waals surface area contributed by atoms with E-state index >= 15 is 0 Å². The van der Waals surface area contributed by atoms with Crippen LogP contribution in [0.2, 0.25) is 0 Å². The summed E-state index contributed by atoms with van der Waals surface area (Å²) in [5.74, 6) is -0.108. The summed E-state index contributed by atoms with van der Waals surface area (Å²) in [4.78, 5) is 22.6. The average Bonchev–Trinajstić information content (AvgIpc) is 2.75. The van der Waals surface area contributed by atoms with Crippen molar-refractivity contribution in [3.63, 3.8) is 0 Å². The van der Waals surface area contributed by atoms with Gasteiger partial charge in [0.05, 0.1) is 5.69 Å². The second kappa shape index (κ2) is 5.48. The van der Waals surface area contributed by atoms with E-state index in [1.54, 1.807) is 17.0 Å². The maximum Gasteiger partial charge on any atom is 0.244 e. The molecule has 1 aromatic rings. The number of hydrogen-bond acceptors (Lipinski definition) is 3. The van der Waals surface area contributed by atoms with Crippen molar-refractivity contribution in [2.75, 3.05) is 6.54 Å². The minimum atomic E-state index is -0.155. The molecule has 2 amide bonds. The minimum absolute atomic E-state index is 0.0198. The fourth-order valence-corrected chi connectivity index (χ4v) is 1.81. The van der Waals surface area contributed by atoms with Crippen LogP contribution in [0.4, 0.5) is 0 Å². The first-order valence-corrected chi connectivity index (χ1v) is 5.88. The van der Waals surface area contributed by atoms with Crippen LogP contribution < -0.4 is 10.6 Å². The maximum absolute atomic E-state index is 11.7. The predicted octanol–water partition coefficient (Wildman–Crippen LogP) is -0.172. The third-order valence-electron chi connectivity index (χ3n) is 2.88. The zero-order chi connectivity index (χ0) is 13.0. The van der Waals surface area contributed by atoms with Gasteiger partial charge >= 0.3 is 0 Å². The van der Waals surface area contributed by atoms with Crippen molar-refractivity contribution in [1.29, 1.82) is 0 Å². The standard InChI is InChI=1S/C12H16N4O2/c1-16-10(6-7-14-16)3-5-12(18)15-9-2-4-11(17)13-8-9/h3,5-7,9H,2,4,8H2,1H3,(H,13,17)(H,15,18).